The number of nitrogens with one attached hydrogen (secondary N) is 1. The van der Waals surface area contributed by atoms with Gasteiger partial charge in [-0.3, -0.25) is 0 Å². The summed E-state index contributed by atoms with van der Waals surface area (Å²) in [5, 5.41) is 3.67. The van der Waals surface area contributed by atoms with Crippen molar-refractivity contribution < 1.29 is 4.74 Å². The molecule has 112 valence electrons. The summed E-state index contributed by atoms with van der Waals surface area (Å²) in [4.78, 5) is 0. The molecular weight excluding hydrogens is 246 g/mol. The minimum absolute atomic E-state index is 0.448. The molecule has 1 aromatic carbocycles. The summed E-state index contributed by atoms with van der Waals surface area (Å²) >= 11 is 0. The molecule has 1 N–H and O–H groups in total. The largest absolute Gasteiger partial charge is 0.377 e. The van der Waals surface area contributed by atoms with Crippen LogP contribution < -0.4 is 5.32 Å². The predicted molar refractivity (Wildman–Crippen MR) is 84.8 cm³/mol. The third-order valence-corrected chi connectivity index (χ3v) is 4.06. The van der Waals surface area contributed by atoms with Crippen LogP contribution in [0.3, 0.4) is 0 Å². The van der Waals surface area contributed by atoms with Gasteiger partial charge in [0.2, 0.25) is 0 Å². The maximum atomic E-state index is 5.93. The summed E-state index contributed by atoms with van der Waals surface area (Å²) in [5.74, 6) is 0.698. The van der Waals surface area contributed by atoms with Crippen LogP contribution in [0.2, 0.25) is 0 Å². The second-order valence-electron chi connectivity index (χ2n) is 6.32. The van der Waals surface area contributed by atoms with Crippen molar-refractivity contribution in [2.24, 2.45) is 5.92 Å². The van der Waals surface area contributed by atoms with Crippen LogP contribution in [0, 0.1) is 5.92 Å². The molecule has 1 aliphatic rings. The topological polar surface area (TPSA) is 21.3 Å². The van der Waals surface area contributed by atoms with Gasteiger partial charge in [0.1, 0.15) is 0 Å². The molecule has 0 amide bonds. The number of hydrogen-bond donors (Lipinski definition) is 1. The normalized spacial score (nSPS) is 17.8. The van der Waals surface area contributed by atoms with E-state index in [1.165, 1.54) is 37.7 Å². The fourth-order valence-electron chi connectivity index (χ4n) is 3.01. The van der Waals surface area contributed by atoms with Gasteiger partial charge < -0.3 is 10.1 Å². The van der Waals surface area contributed by atoms with Gasteiger partial charge in [0.15, 0.2) is 0 Å². The van der Waals surface area contributed by atoms with Crippen molar-refractivity contribution >= 4 is 0 Å². The second-order valence-corrected chi connectivity index (χ2v) is 6.32. The standard InChI is InChI=1S/C18H29NO/c1-15(2)14-18(16-8-4-3-5-9-16)19-12-13-20-17-10-6-7-11-17/h3-5,8-9,15,17-19H,6-7,10-14H2,1-2H3. The van der Waals surface area contributed by atoms with E-state index in [9.17, 15) is 0 Å². The lowest BCUT2D eigenvalue weighted by Crippen LogP contribution is -2.27. The Kier molecular flexibility index (Phi) is 6.55. The van der Waals surface area contributed by atoms with Gasteiger partial charge in [-0.05, 0) is 30.7 Å². The SMILES string of the molecule is CC(C)CC(NCCOC1CCCC1)c1ccccc1. The molecule has 2 nitrogen and oxygen atoms in total. The Morgan fingerprint density at radius 1 is 1.15 bits per heavy atom. The molecule has 2 rings (SSSR count). The van der Waals surface area contributed by atoms with Crippen LogP contribution in [0.15, 0.2) is 30.3 Å². The van der Waals surface area contributed by atoms with Crippen molar-refractivity contribution in [1.82, 2.24) is 5.32 Å². The van der Waals surface area contributed by atoms with E-state index in [1.807, 2.05) is 0 Å². The van der Waals surface area contributed by atoms with Gasteiger partial charge in [-0.2, -0.15) is 0 Å². The maximum absolute atomic E-state index is 5.93. The molecule has 0 bridgehead atoms. The minimum atomic E-state index is 0.448. The lowest BCUT2D eigenvalue weighted by Gasteiger charge is -2.22. The lowest BCUT2D eigenvalue weighted by molar-refractivity contribution is 0.0587. The Morgan fingerprint density at radius 2 is 1.85 bits per heavy atom. The molecule has 20 heavy (non-hydrogen) atoms. The molecule has 1 aliphatic carbocycles. The van der Waals surface area contributed by atoms with Crippen LogP contribution in [0.4, 0.5) is 0 Å². The van der Waals surface area contributed by atoms with Gasteiger partial charge in [0, 0.05) is 12.6 Å². The Hall–Kier alpha value is -0.860. The smallest absolute Gasteiger partial charge is 0.0594 e. The van der Waals surface area contributed by atoms with E-state index in [0.29, 0.717) is 18.1 Å². The molecule has 2 heteroatoms. The van der Waals surface area contributed by atoms with Crippen LogP contribution in [-0.2, 0) is 4.74 Å². The Morgan fingerprint density at radius 3 is 2.50 bits per heavy atom. The summed E-state index contributed by atoms with van der Waals surface area (Å²) in [5.41, 5.74) is 1.39. The highest BCUT2D eigenvalue weighted by Crippen LogP contribution is 2.22. The lowest BCUT2D eigenvalue weighted by atomic mass is 9.97. The number of rotatable bonds is 8. The van der Waals surface area contributed by atoms with Crippen molar-refractivity contribution in [2.45, 2.75) is 58.1 Å². The maximum Gasteiger partial charge on any atom is 0.0594 e. The Bertz CT molecular complexity index is 357. The van der Waals surface area contributed by atoms with Gasteiger partial charge in [-0.1, -0.05) is 57.0 Å². The van der Waals surface area contributed by atoms with E-state index < -0.39 is 0 Å². The molecule has 1 atom stereocenters. The molecule has 1 unspecified atom stereocenters. The number of ether oxygens (including phenoxy) is 1. The Balaban J connectivity index is 1.75. The fraction of sp³-hybridized carbons (Fsp3) is 0.667. The van der Waals surface area contributed by atoms with Gasteiger partial charge in [-0.25, -0.2) is 0 Å². The monoisotopic (exact) mass is 275 g/mol. The molecule has 0 saturated heterocycles. The molecule has 0 spiro atoms. The van der Waals surface area contributed by atoms with E-state index in [1.54, 1.807) is 0 Å². The first kappa shape index (κ1) is 15.5. The average molecular weight is 275 g/mol. The molecule has 1 fully saturated rings. The molecular formula is C18H29NO. The summed E-state index contributed by atoms with van der Waals surface area (Å²) in [6.07, 6.45) is 6.91. The van der Waals surface area contributed by atoms with Crippen molar-refractivity contribution in [1.29, 1.82) is 0 Å². The fourth-order valence-corrected chi connectivity index (χ4v) is 3.01. The first-order chi connectivity index (χ1) is 9.75. The predicted octanol–water partition coefficient (Wildman–Crippen LogP) is 4.32. The molecule has 1 aromatic rings. The highest BCUT2D eigenvalue weighted by atomic mass is 16.5. The summed E-state index contributed by atoms with van der Waals surface area (Å²) in [6.45, 7) is 6.36. The third-order valence-electron chi connectivity index (χ3n) is 4.06. The zero-order valence-corrected chi connectivity index (χ0v) is 13.0. The van der Waals surface area contributed by atoms with Crippen LogP contribution in [0.5, 0.6) is 0 Å². The van der Waals surface area contributed by atoms with Crippen LogP contribution in [0.1, 0.15) is 57.6 Å². The van der Waals surface area contributed by atoms with Crippen LogP contribution in [0.25, 0.3) is 0 Å². The first-order valence-corrected chi connectivity index (χ1v) is 8.15. The van der Waals surface area contributed by atoms with Gasteiger partial charge in [-0.15, -0.1) is 0 Å². The Labute approximate surface area is 123 Å². The van der Waals surface area contributed by atoms with Crippen molar-refractivity contribution in [3.63, 3.8) is 0 Å². The van der Waals surface area contributed by atoms with Crippen molar-refractivity contribution in [3.8, 4) is 0 Å². The van der Waals surface area contributed by atoms with Crippen LogP contribution in [-0.4, -0.2) is 19.3 Å². The molecule has 0 radical (unpaired) electrons. The zero-order valence-electron chi connectivity index (χ0n) is 13.0. The summed E-state index contributed by atoms with van der Waals surface area (Å²) < 4.78 is 5.93. The second kappa shape index (κ2) is 8.43. The van der Waals surface area contributed by atoms with Gasteiger partial charge in [0.05, 0.1) is 12.7 Å². The van der Waals surface area contributed by atoms with E-state index in [-0.39, 0.29) is 0 Å². The highest BCUT2D eigenvalue weighted by Gasteiger charge is 2.16. The number of benzene rings is 1. The van der Waals surface area contributed by atoms with Crippen molar-refractivity contribution in [2.75, 3.05) is 13.2 Å². The summed E-state index contributed by atoms with van der Waals surface area (Å²) in [6, 6.07) is 11.2. The van der Waals surface area contributed by atoms with Crippen molar-refractivity contribution in [3.05, 3.63) is 35.9 Å². The molecule has 1 saturated carbocycles. The summed E-state index contributed by atoms with van der Waals surface area (Å²) in [7, 11) is 0. The van der Waals surface area contributed by atoms with E-state index in [4.69, 9.17) is 4.74 Å². The zero-order chi connectivity index (χ0) is 14.2. The van der Waals surface area contributed by atoms with Gasteiger partial charge in [0.25, 0.3) is 0 Å². The van der Waals surface area contributed by atoms with E-state index >= 15 is 0 Å². The van der Waals surface area contributed by atoms with E-state index in [2.05, 4.69) is 49.5 Å². The first-order valence-electron chi connectivity index (χ1n) is 8.15. The van der Waals surface area contributed by atoms with E-state index in [0.717, 1.165) is 13.2 Å². The number of hydrogen-bond acceptors (Lipinski definition) is 2. The average Bonchev–Trinajstić information content (AvgIpc) is 2.96. The third kappa shape index (κ3) is 5.26. The molecule has 0 aliphatic heterocycles. The van der Waals surface area contributed by atoms with Gasteiger partial charge >= 0.3 is 0 Å². The molecule has 0 aromatic heterocycles. The quantitative estimate of drug-likeness (QED) is 0.713. The molecule has 0 heterocycles. The minimum Gasteiger partial charge on any atom is -0.377 e. The highest BCUT2D eigenvalue weighted by molar-refractivity contribution is 5.18. The van der Waals surface area contributed by atoms with Crippen LogP contribution >= 0.6 is 0 Å².